The number of furan rings is 1. The third kappa shape index (κ3) is 5.65. The molecule has 1 aliphatic heterocycles. The van der Waals surface area contributed by atoms with E-state index in [1.807, 2.05) is 24.3 Å². The highest BCUT2D eigenvalue weighted by molar-refractivity contribution is 6.22. The molecule has 1 unspecified atom stereocenters. The van der Waals surface area contributed by atoms with E-state index >= 15 is 0 Å². The molecule has 10 rings (SSSR count). The van der Waals surface area contributed by atoms with E-state index in [0.29, 0.717) is 5.84 Å². The van der Waals surface area contributed by atoms with E-state index in [-0.39, 0.29) is 6.17 Å². The predicted octanol–water partition coefficient (Wildman–Crippen LogP) is 12.6. The standard InChI is InChI=1S/C50H35N3O/c1-53-49(38-14-6-3-7-15-38)51-48(52-50(53)39-26-23-35(24-27-39)33-11-4-2-5-12-33)44-17-10-18-45-47(44)43-30-29-42(32-46(43)54-45)37-21-19-36(20-22-37)41-28-25-34-13-8-9-16-40(34)31-41/h2-32,50H,1H3. The lowest BCUT2D eigenvalue weighted by molar-refractivity contribution is 0.383. The van der Waals surface area contributed by atoms with Crippen molar-refractivity contribution in [2.24, 2.45) is 9.98 Å². The first kappa shape index (κ1) is 31.7. The van der Waals surface area contributed by atoms with Crippen molar-refractivity contribution in [2.45, 2.75) is 6.17 Å². The quantitative estimate of drug-likeness (QED) is 0.174. The van der Waals surface area contributed by atoms with Crippen LogP contribution in [-0.4, -0.2) is 23.6 Å². The fourth-order valence-electron chi connectivity index (χ4n) is 7.70. The van der Waals surface area contributed by atoms with E-state index in [1.165, 1.54) is 33.0 Å². The van der Waals surface area contributed by atoms with Crippen LogP contribution in [0.15, 0.2) is 202 Å². The molecule has 1 aliphatic rings. The summed E-state index contributed by atoms with van der Waals surface area (Å²) in [5, 5.41) is 4.55. The van der Waals surface area contributed by atoms with Crippen LogP contribution in [0.1, 0.15) is 22.9 Å². The van der Waals surface area contributed by atoms with Gasteiger partial charge in [-0.05, 0) is 74.0 Å². The topological polar surface area (TPSA) is 41.1 Å². The first-order chi connectivity index (χ1) is 26.7. The Hall–Kier alpha value is -7.04. The molecule has 256 valence electrons. The number of amidine groups is 2. The smallest absolute Gasteiger partial charge is 0.160 e. The molecule has 8 aromatic carbocycles. The maximum atomic E-state index is 6.57. The summed E-state index contributed by atoms with van der Waals surface area (Å²) in [5.74, 6) is 1.56. The van der Waals surface area contributed by atoms with E-state index in [2.05, 4.69) is 176 Å². The zero-order valence-electron chi connectivity index (χ0n) is 29.7. The van der Waals surface area contributed by atoms with Gasteiger partial charge in [0.15, 0.2) is 5.84 Å². The Morgan fingerprint density at radius 3 is 1.78 bits per heavy atom. The van der Waals surface area contributed by atoms with Crippen LogP contribution in [-0.2, 0) is 0 Å². The van der Waals surface area contributed by atoms with Gasteiger partial charge in [-0.1, -0.05) is 164 Å². The maximum absolute atomic E-state index is 6.57. The predicted molar refractivity (Wildman–Crippen MR) is 224 cm³/mol. The maximum Gasteiger partial charge on any atom is 0.160 e. The van der Waals surface area contributed by atoms with Crippen molar-refractivity contribution >= 4 is 44.4 Å². The van der Waals surface area contributed by atoms with Crippen LogP contribution in [0.4, 0.5) is 0 Å². The summed E-state index contributed by atoms with van der Waals surface area (Å²) in [6.45, 7) is 0. The Balaban J connectivity index is 1.03. The van der Waals surface area contributed by atoms with E-state index in [1.54, 1.807) is 0 Å². The summed E-state index contributed by atoms with van der Waals surface area (Å²) >= 11 is 0. The molecule has 0 saturated heterocycles. The van der Waals surface area contributed by atoms with Crippen molar-refractivity contribution in [3.8, 4) is 33.4 Å². The molecule has 0 fully saturated rings. The third-order valence-electron chi connectivity index (χ3n) is 10.5. The normalized spacial score (nSPS) is 14.4. The first-order valence-corrected chi connectivity index (χ1v) is 18.3. The Kier molecular flexibility index (Phi) is 7.73. The van der Waals surface area contributed by atoms with Gasteiger partial charge in [0.25, 0.3) is 0 Å². The SMILES string of the molecule is CN1C(c2ccccc2)=NC(c2cccc3oc4cc(-c5ccc(-c6ccc7ccccc7c6)cc5)ccc4c23)=NC1c1ccc(-c2ccccc2)cc1. The molecule has 9 aromatic rings. The lowest BCUT2D eigenvalue weighted by Gasteiger charge is -2.32. The van der Waals surface area contributed by atoms with Crippen LogP contribution in [0.25, 0.3) is 66.1 Å². The highest BCUT2D eigenvalue weighted by Crippen LogP contribution is 2.37. The average Bonchev–Trinajstić information content (AvgIpc) is 3.63. The van der Waals surface area contributed by atoms with Gasteiger partial charge in [0.1, 0.15) is 23.2 Å². The van der Waals surface area contributed by atoms with Gasteiger partial charge in [-0.2, -0.15) is 0 Å². The molecule has 0 radical (unpaired) electrons. The summed E-state index contributed by atoms with van der Waals surface area (Å²) < 4.78 is 6.57. The second-order valence-corrected chi connectivity index (χ2v) is 13.9. The lowest BCUT2D eigenvalue weighted by Crippen LogP contribution is -2.35. The summed E-state index contributed by atoms with van der Waals surface area (Å²) in [4.78, 5) is 12.8. The van der Waals surface area contributed by atoms with Crippen molar-refractivity contribution in [2.75, 3.05) is 7.05 Å². The number of rotatable bonds is 6. The van der Waals surface area contributed by atoms with Gasteiger partial charge in [0.05, 0.1) is 0 Å². The van der Waals surface area contributed by atoms with Gasteiger partial charge < -0.3 is 9.32 Å². The molecular weight excluding hydrogens is 659 g/mol. The van der Waals surface area contributed by atoms with Gasteiger partial charge >= 0.3 is 0 Å². The molecule has 0 aliphatic carbocycles. The van der Waals surface area contributed by atoms with Crippen LogP contribution in [0, 0.1) is 0 Å². The molecule has 0 bridgehead atoms. The molecule has 54 heavy (non-hydrogen) atoms. The number of hydrogen-bond acceptors (Lipinski definition) is 4. The molecule has 0 spiro atoms. The van der Waals surface area contributed by atoms with Gasteiger partial charge in [-0.25, -0.2) is 9.98 Å². The van der Waals surface area contributed by atoms with Crippen molar-refractivity contribution < 1.29 is 4.42 Å². The van der Waals surface area contributed by atoms with Crippen LogP contribution in [0.5, 0.6) is 0 Å². The van der Waals surface area contributed by atoms with Gasteiger partial charge in [0, 0.05) is 28.9 Å². The fourth-order valence-corrected chi connectivity index (χ4v) is 7.70. The highest BCUT2D eigenvalue weighted by atomic mass is 16.3. The second kappa shape index (κ2) is 13.2. The van der Waals surface area contributed by atoms with Crippen LogP contribution in [0.2, 0.25) is 0 Å². The molecule has 2 heterocycles. The molecule has 0 saturated carbocycles. The van der Waals surface area contributed by atoms with Crippen molar-refractivity contribution in [1.29, 1.82) is 0 Å². The Morgan fingerprint density at radius 2 is 1.04 bits per heavy atom. The van der Waals surface area contributed by atoms with Gasteiger partial charge in [-0.15, -0.1) is 0 Å². The third-order valence-corrected chi connectivity index (χ3v) is 10.5. The summed E-state index contributed by atoms with van der Waals surface area (Å²) in [6.07, 6.45) is -0.268. The molecule has 4 heteroatoms. The minimum absolute atomic E-state index is 0.268. The summed E-state index contributed by atoms with van der Waals surface area (Å²) in [6, 6.07) is 66.2. The van der Waals surface area contributed by atoms with Crippen molar-refractivity contribution in [3.63, 3.8) is 0 Å². The zero-order valence-corrected chi connectivity index (χ0v) is 29.7. The van der Waals surface area contributed by atoms with Crippen LogP contribution < -0.4 is 0 Å². The number of fused-ring (bicyclic) bond motifs is 4. The average molecular weight is 694 g/mol. The number of nitrogens with zero attached hydrogens (tertiary/aromatic N) is 3. The van der Waals surface area contributed by atoms with Gasteiger partial charge in [-0.3, -0.25) is 0 Å². The molecule has 0 N–H and O–H groups in total. The molecule has 0 amide bonds. The molecular formula is C50H35N3O. The number of aliphatic imine (C=N–C) groups is 2. The first-order valence-electron chi connectivity index (χ1n) is 18.3. The summed E-state index contributed by atoms with van der Waals surface area (Å²) in [5.41, 5.74) is 11.7. The largest absolute Gasteiger partial charge is 0.456 e. The van der Waals surface area contributed by atoms with Crippen LogP contribution in [0.3, 0.4) is 0 Å². The Bertz CT molecular complexity index is 2870. The second-order valence-electron chi connectivity index (χ2n) is 13.9. The van der Waals surface area contributed by atoms with Gasteiger partial charge in [0.2, 0.25) is 0 Å². The van der Waals surface area contributed by atoms with E-state index < -0.39 is 0 Å². The lowest BCUT2D eigenvalue weighted by atomic mass is 9.97. The van der Waals surface area contributed by atoms with Crippen molar-refractivity contribution in [3.05, 3.63) is 205 Å². The van der Waals surface area contributed by atoms with E-state index in [4.69, 9.17) is 14.4 Å². The van der Waals surface area contributed by atoms with Crippen molar-refractivity contribution in [1.82, 2.24) is 4.90 Å². The van der Waals surface area contributed by atoms with E-state index in [0.717, 1.165) is 55.6 Å². The monoisotopic (exact) mass is 693 g/mol. The Labute approximate surface area is 314 Å². The number of hydrogen-bond donors (Lipinski definition) is 0. The summed E-state index contributed by atoms with van der Waals surface area (Å²) in [7, 11) is 2.08. The molecule has 1 atom stereocenters. The zero-order chi connectivity index (χ0) is 36.0. The highest BCUT2D eigenvalue weighted by Gasteiger charge is 2.28. The molecule has 4 nitrogen and oxygen atoms in total. The molecule has 1 aromatic heterocycles. The van der Waals surface area contributed by atoms with E-state index in [9.17, 15) is 0 Å². The fraction of sp³-hybridized carbons (Fsp3) is 0.0400. The Morgan fingerprint density at radius 1 is 0.463 bits per heavy atom. The minimum atomic E-state index is -0.268. The van der Waals surface area contributed by atoms with Crippen LogP contribution >= 0.6 is 0 Å². The minimum Gasteiger partial charge on any atom is -0.456 e. The number of benzene rings is 8.